The van der Waals surface area contributed by atoms with E-state index in [0.29, 0.717) is 24.1 Å². The van der Waals surface area contributed by atoms with Crippen molar-refractivity contribution in [3.8, 4) is 0 Å². The van der Waals surface area contributed by atoms with Crippen molar-refractivity contribution in [2.75, 3.05) is 4.90 Å². The molecule has 4 rings (SSSR count). The van der Waals surface area contributed by atoms with E-state index < -0.39 is 22.9 Å². The van der Waals surface area contributed by atoms with E-state index in [1.807, 2.05) is 0 Å². The molecule has 0 bridgehead atoms. The van der Waals surface area contributed by atoms with Crippen molar-refractivity contribution >= 4 is 33.2 Å². The van der Waals surface area contributed by atoms with E-state index in [1.54, 1.807) is 6.07 Å². The van der Waals surface area contributed by atoms with Crippen LogP contribution in [0, 0.1) is 17.5 Å². The van der Waals surface area contributed by atoms with Crippen LogP contribution >= 0.6 is 15.9 Å². The zero-order chi connectivity index (χ0) is 15.6. The van der Waals surface area contributed by atoms with Gasteiger partial charge >= 0.3 is 0 Å². The van der Waals surface area contributed by atoms with Crippen LogP contribution in [0.2, 0.25) is 0 Å². The fourth-order valence-corrected chi connectivity index (χ4v) is 3.42. The van der Waals surface area contributed by atoms with E-state index in [9.17, 15) is 18.0 Å². The monoisotopic (exact) mass is 367 g/mol. The third-order valence-electron chi connectivity index (χ3n) is 4.26. The molecule has 6 heteroatoms. The predicted molar refractivity (Wildman–Crippen MR) is 78.5 cm³/mol. The van der Waals surface area contributed by atoms with Gasteiger partial charge in [-0.3, -0.25) is 9.69 Å². The predicted octanol–water partition coefficient (Wildman–Crippen LogP) is 4.58. The van der Waals surface area contributed by atoms with Crippen LogP contribution in [0.3, 0.4) is 0 Å². The van der Waals surface area contributed by atoms with Crippen LogP contribution < -0.4 is 4.90 Å². The van der Waals surface area contributed by atoms with Gasteiger partial charge in [0.05, 0.1) is 21.3 Å². The van der Waals surface area contributed by atoms with E-state index >= 15 is 0 Å². The molecule has 0 N–H and O–H groups in total. The lowest BCUT2D eigenvalue weighted by Crippen LogP contribution is -2.28. The molecule has 0 unspecified atom stereocenters. The van der Waals surface area contributed by atoms with Crippen molar-refractivity contribution in [1.29, 1.82) is 0 Å². The number of hydrogen-bond donors (Lipinski definition) is 0. The van der Waals surface area contributed by atoms with E-state index in [1.165, 1.54) is 11.0 Å². The molecule has 112 valence electrons. The normalized spacial score (nSPS) is 18.0. The number of nitrogens with zero attached hydrogens (tertiary/aromatic N) is 1. The van der Waals surface area contributed by atoms with Crippen molar-refractivity contribution in [3.05, 3.63) is 57.8 Å². The Bertz CT molecular complexity index is 812. The first kappa shape index (κ1) is 13.8. The molecule has 2 aliphatic rings. The van der Waals surface area contributed by atoms with Crippen LogP contribution in [0.25, 0.3) is 0 Å². The van der Waals surface area contributed by atoms with Crippen molar-refractivity contribution in [1.82, 2.24) is 0 Å². The van der Waals surface area contributed by atoms with Gasteiger partial charge in [-0.15, -0.1) is 0 Å². The lowest BCUT2D eigenvalue weighted by Gasteiger charge is -2.18. The first-order valence-corrected chi connectivity index (χ1v) is 7.52. The third-order valence-corrected chi connectivity index (χ3v) is 4.87. The van der Waals surface area contributed by atoms with Gasteiger partial charge in [0.25, 0.3) is 0 Å². The standard InChI is InChI=1S/C16H9BrF3NO/c17-12-6-11-14(7-13(12)20)21(15(22)16(11)1-2-16)10-4-8(18)3-9(19)5-10/h3-7H,1-2H2. The topological polar surface area (TPSA) is 20.3 Å². The second-order valence-electron chi connectivity index (χ2n) is 5.63. The van der Waals surface area contributed by atoms with Crippen LogP contribution in [-0.2, 0) is 10.2 Å². The number of fused-ring (bicyclic) bond motifs is 2. The number of carbonyl (C=O) groups excluding carboxylic acids is 1. The average Bonchev–Trinajstić information content (AvgIpc) is 3.19. The van der Waals surface area contributed by atoms with Gasteiger partial charge in [-0.05, 0) is 58.6 Å². The Morgan fingerprint density at radius 3 is 2.23 bits per heavy atom. The maximum absolute atomic E-state index is 13.9. The summed E-state index contributed by atoms with van der Waals surface area (Å²) in [5.74, 6) is -2.34. The van der Waals surface area contributed by atoms with Gasteiger partial charge in [0.15, 0.2) is 0 Å². The summed E-state index contributed by atoms with van der Waals surface area (Å²) in [6, 6.07) is 5.71. The summed E-state index contributed by atoms with van der Waals surface area (Å²) < 4.78 is 41.1. The average molecular weight is 368 g/mol. The number of carbonyl (C=O) groups is 1. The van der Waals surface area contributed by atoms with E-state index in [2.05, 4.69) is 15.9 Å². The van der Waals surface area contributed by atoms with E-state index in [-0.39, 0.29) is 16.1 Å². The molecule has 0 aromatic heterocycles. The summed E-state index contributed by atoms with van der Waals surface area (Å²) in [4.78, 5) is 13.9. The largest absolute Gasteiger partial charge is 0.280 e. The summed E-state index contributed by atoms with van der Waals surface area (Å²) in [6.07, 6.45) is 1.32. The van der Waals surface area contributed by atoms with Crippen LogP contribution in [0.15, 0.2) is 34.8 Å². The molecule has 0 saturated heterocycles. The van der Waals surface area contributed by atoms with Gasteiger partial charge in [0.2, 0.25) is 5.91 Å². The van der Waals surface area contributed by atoms with Crippen molar-refractivity contribution in [3.63, 3.8) is 0 Å². The highest BCUT2D eigenvalue weighted by Crippen LogP contribution is 2.59. The Labute approximate surface area is 132 Å². The fraction of sp³-hybridized carbons (Fsp3) is 0.188. The van der Waals surface area contributed by atoms with Crippen LogP contribution in [-0.4, -0.2) is 5.91 Å². The Balaban J connectivity index is 1.95. The van der Waals surface area contributed by atoms with Gasteiger partial charge in [-0.1, -0.05) is 0 Å². The minimum Gasteiger partial charge on any atom is -0.280 e. The molecular formula is C16H9BrF3NO. The molecule has 1 amide bonds. The molecule has 0 atom stereocenters. The zero-order valence-corrected chi connectivity index (χ0v) is 12.8. The molecule has 2 aromatic carbocycles. The molecule has 1 saturated carbocycles. The fourth-order valence-electron chi connectivity index (χ4n) is 3.08. The molecule has 1 spiro atoms. The lowest BCUT2D eigenvalue weighted by molar-refractivity contribution is -0.119. The first-order valence-electron chi connectivity index (χ1n) is 6.72. The summed E-state index contributed by atoms with van der Waals surface area (Å²) >= 11 is 3.12. The number of anilines is 2. The maximum atomic E-state index is 13.9. The number of hydrogen-bond acceptors (Lipinski definition) is 1. The van der Waals surface area contributed by atoms with Gasteiger partial charge < -0.3 is 0 Å². The van der Waals surface area contributed by atoms with Crippen LogP contribution in [0.5, 0.6) is 0 Å². The SMILES string of the molecule is O=C1N(c2cc(F)cc(F)c2)c2cc(F)c(Br)cc2C12CC2. The quantitative estimate of drug-likeness (QED) is 0.722. The van der Waals surface area contributed by atoms with Gasteiger partial charge in [-0.2, -0.15) is 0 Å². The van der Waals surface area contributed by atoms with Crippen molar-refractivity contribution in [2.24, 2.45) is 0 Å². The smallest absolute Gasteiger partial charge is 0.242 e. The Morgan fingerprint density at radius 1 is 1.00 bits per heavy atom. The molecular weight excluding hydrogens is 359 g/mol. The molecule has 1 aliphatic carbocycles. The number of benzene rings is 2. The summed E-state index contributed by atoms with van der Waals surface area (Å²) in [5, 5.41) is 0. The Morgan fingerprint density at radius 2 is 1.64 bits per heavy atom. The van der Waals surface area contributed by atoms with Crippen molar-refractivity contribution < 1.29 is 18.0 Å². The first-order chi connectivity index (χ1) is 10.4. The summed E-state index contributed by atoms with van der Waals surface area (Å²) in [6.45, 7) is 0. The molecule has 1 aliphatic heterocycles. The number of halogens is 4. The second kappa shape index (κ2) is 4.35. The Kier molecular flexibility index (Phi) is 2.73. The maximum Gasteiger partial charge on any atom is 0.242 e. The lowest BCUT2D eigenvalue weighted by atomic mass is 9.98. The minimum atomic E-state index is -0.779. The van der Waals surface area contributed by atoms with E-state index in [4.69, 9.17) is 0 Å². The number of rotatable bonds is 1. The van der Waals surface area contributed by atoms with Gasteiger partial charge in [0, 0.05) is 6.07 Å². The number of amides is 1. The molecule has 0 radical (unpaired) electrons. The highest BCUT2D eigenvalue weighted by molar-refractivity contribution is 9.10. The summed E-state index contributed by atoms with van der Waals surface area (Å²) in [5.41, 5.74) is 0.465. The van der Waals surface area contributed by atoms with Crippen LogP contribution in [0.1, 0.15) is 18.4 Å². The molecule has 1 fully saturated rings. The van der Waals surface area contributed by atoms with Crippen LogP contribution in [0.4, 0.5) is 24.5 Å². The van der Waals surface area contributed by atoms with E-state index in [0.717, 1.165) is 18.2 Å². The zero-order valence-electron chi connectivity index (χ0n) is 11.2. The third kappa shape index (κ3) is 1.76. The summed E-state index contributed by atoms with van der Waals surface area (Å²) in [7, 11) is 0. The van der Waals surface area contributed by atoms with Crippen molar-refractivity contribution in [2.45, 2.75) is 18.3 Å². The highest BCUT2D eigenvalue weighted by atomic mass is 79.9. The second-order valence-corrected chi connectivity index (χ2v) is 6.49. The molecule has 22 heavy (non-hydrogen) atoms. The van der Waals surface area contributed by atoms with Gasteiger partial charge in [0.1, 0.15) is 17.5 Å². The molecule has 1 heterocycles. The minimum absolute atomic E-state index is 0.0780. The highest BCUT2D eigenvalue weighted by Gasteiger charge is 2.59. The Hall–Kier alpha value is -1.82. The van der Waals surface area contributed by atoms with Gasteiger partial charge in [-0.25, -0.2) is 13.2 Å². The molecule has 2 aromatic rings. The molecule has 2 nitrogen and oxygen atoms in total.